The quantitative estimate of drug-likeness (QED) is 0.215. The number of hydrogen-bond donors (Lipinski definition) is 1. The second-order valence-corrected chi connectivity index (χ2v) is 10.6. The number of hydrogen-bond acceptors (Lipinski definition) is 4. The Morgan fingerprint density at radius 3 is 2.05 bits per heavy atom. The number of nitrogens with one attached hydrogen (secondary N) is 1. The third-order valence-electron chi connectivity index (χ3n) is 4.84. The van der Waals surface area contributed by atoms with Crippen LogP contribution >= 0.6 is 58.0 Å². The van der Waals surface area contributed by atoms with Gasteiger partial charge in [0.1, 0.15) is 0 Å². The predicted octanol–water partition coefficient (Wildman–Crippen LogP) is 7.64. The van der Waals surface area contributed by atoms with Crippen molar-refractivity contribution in [3.05, 3.63) is 57.6 Å². The lowest BCUT2D eigenvalue weighted by Crippen LogP contribution is -2.38. The first-order chi connectivity index (χ1) is 16.8. The number of imide groups is 1. The van der Waals surface area contributed by atoms with Crippen LogP contribution in [0.2, 0.25) is 10.0 Å². The van der Waals surface area contributed by atoms with Gasteiger partial charge in [-0.1, -0.05) is 58.0 Å². The number of amides is 3. The van der Waals surface area contributed by atoms with E-state index in [1.54, 1.807) is 0 Å². The number of urea groups is 1. The number of benzene rings is 2. The van der Waals surface area contributed by atoms with E-state index in [4.69, 9.17) is 58.0 Å². The third kappa shape index (κ3) is 6.31. The molecule has 0 bridgehead atoms. The fraction of sp³-hybridized carbons (Fsp3) is 0.250. The zero-order chi connectivity index (χ0) is 28.1. The van der Waals surface area contributed by atoms with E-state index in [1.165, 1.54) is 18.2 Å². The smallest absolute Gasteiger partial charge is 0.359 e. The number of anilines is 2. The van der Waals surface area contributed by atoms with E-state index in [-0.39, 0.29) is 26.7 Å². The highest BCUT2D eigenvalue weighted by molar-refractivity contribution is 6.68. The van der Waals surface area contributed by atoms with Crippen LogP contribution in [0.15, 0.2) is 41.4 Å². The van der Waals surface area contributed by atoms with Crippen LogP contribution in [0.5, 0.6) is 0 Å². The van der Waals surface area contributed by atoms with Crippen LogP contribution in [-0.4, -0.2) is 39.7 Å². The van der Waals surface area contributed by atoms with Gasteiger partial charge in [0.05, 0.1) is 27.5 Å². The minimum absolute atomic E-state index is 0.0110. The molecule has 1 aliphatic rings. The summed E-state index contributed by atoms with van der Waals surface area (Å²) in [6, 6.07) is 3.20. The van der Waals surface area contributed by atoms with Gasteiger partial charge in [0.15, 0.2) is 6.17 Å². The maximum absolute atomic E-state index is 13.8. The van der Waals surface area contributed by atoms with Crippen molar-refractivity contribution in [3.63, 3.8) is 0 Å². The monoisotopic (exact) mass is 628 g/mol. The number of likely N-dealkylation sites (N-methyl/N-ethyl adjacent to an activating group) is 1. The summed E-state index contributed by atoms with van der Waals surface area (Å²) >= 11 is 29.8. The summed E-state index contributed by atoms with van der Waals surface area (Å²) in [6.07, 6.45) is -12.2. The topological polar surface area (TPSA) is 65.0 Å². The zero-order valence-electron chi connectivity index (χ0n) is 17.9. The molecule has 0 aromatic heterocycles. The lowest BCUT2D eigenvalue weighted by molar-refractivity contribution is -0.142. The average molecular weight is 631 g/mol. The number of carbonyl (C=O) groups excluding carboxylic acids is 2. The average Bonchev–Trinajstić information content (AvgIpc) is 2.96. The highest BCUT2D eigenvalue weighted by Gasteiger charge is 2.48. The van der Waals surface area contributed by atoms with Crippen LogP contribution in [0.3, 0.4) is 0 Å². The molecular formula is C20H11Cl5F6N4O2. The molecule has 1 N–H and O–H groups in total. The molecular weight excluding hydrogens is 619 g/mol. The zero-order valence-corrected chi connectivity index (χ0v) is 21.6. The molecule has 0 spiro atoms. The molecule has 0 aliphatic carbocycles. The van der Waals surface area contributed by atoms with Crippen molar-refractivity contribution in [2.75, 3.05) is 17.3 Å². The van der Waals surface area contributed by atoms with Crippen LogP contribution in [-0.2, 0) is 17.1 Å². The fourth-order valence-electron chi connectivity index (χ4n) is 3.10. The first-order valence-corrected chi connectivity index (χ1v) is 11.5. The number of nitrogens with zero attached hydrogens (tertiary/aromatic N) is 3. The van der Waals surface area contributed by atoms with Crippen LogP contribution < -0.4 is 10.2 Å². The van der Waals surface area contributed by atoms with Crippen LogP contribution in [0.4, 0.5) is 42.5 Å². The molecule has 2 aromatic rings. The number of alkyl halides is 9. The third-order valence-corrected chi connectivity index (χ3v) is 6.01. The lowest BCUT2D eigenvalue weighted by atomic mass is 10.1. The van der Waals surface area contributed by atoms with Gasteiger partial charge in [-0.3, -0.25) is 9.69 Å². The SMILES string of the molecule is CN1C(=O)C(=NC(Nc2ccc(Cl)cc2Cl)C(Cl)(Cl)Cl)N(c2ccc(C(F)(F)F)cc2C(F)(F)F)C1=O. The van der Waals surface area contributed by atoms with Crippen molar-refractivity contribution in [2.45, 2.75) is 22.3 Å². The molecule has 17 heteroatoms. The van der Waals surface area contributed by atoms with Crippen LogP contribution in [0.1, 0.15) is 11.1 Å². The van der Waals surface area contributed by atoms with Gasteiger partial charge in [-0.2, -0.15) is 26.3 Å². The molecule has 2 aromatic carbocycles. The van der Waals surface area contributed by atoms with Gasteiger partial charge in [-0.25, -0.2) is 14.7 Å². The molecule has 3 rings (SSSR count). The summed E-state index contributed by atoms with van der Waals surface area (Å²) in [5.74, 6) is -2.19. The number of carbonyl (C=O) groups is 2. The second kappa shape index (κ2) is 10.2. The normalized spacial score (nSPS) is 17.1. The van der Waals surface area contributed by atoms with Gasteiger partial charge < -0.3 is 5.32 Å². The highest BCUT2D eigenvalue weighted by atomic mass is 35.6. The minimum atomic E-state index is -5.37. The summed E-state index contributed by atoms with van der Waals surface area (Å²) in [6.45, 7) is 0. The summed E-state index contributed by atoms with van der Waals surface area (Å²) < 4.78 is 78.3. The summed E-state index contributed by atoms with van der Waals surface area (Å²) in [7, 11) is 0.922. The molecule has 1 saturated heterocycles. The lowest BCUT2D eigenvalue weighted by Gasteiger charge is -2.26. The first-order valence-electron chi connectivity index (χ1n) is 9.59. The van der Waals surface area contributed by atoms with Crippen molar-refractivity contribution < 1.29 is 35.9 Å². The maximum atomic E-state index is 13.8. The number of rotatable bonds is 4. The molecule has 1 unspecified atom stereocenters. The van der Waals surface area contributed by atoms with Gasteiger partial charge in [0, 0.05) is 12.1 Å². The highest BCUT2D eigenvalue weighted by Crippen LogP contribution is 2.42. The Kier molecular flexibility index (Phi) is 8.13. The van der Waals surface area contributed by atoms with E-state index in [0.29, 0.717) is 17.0 Å². The van der Waals surface area contributed by atoms with Crippen molar-refractivity contribution in [1.82, 2.24) is 4.90 Å². The molecule has 200 valence electrons. The van der Waals surface area contributed by atoms with Crippen LogP contribution in [0.25, 0.3) is 0 Å². The van der Waals surface area contributed by atoms with Crippen LogP contribution in [0, 0.1) is 0 Å². The van der Waals surface area contributed by atoms with E-state index in [9.17, 15) is 35.9 Å². The Balaban J connectivity index is 2.20. The van der Waals surface area contributed by atoms with E-state index < -0.39 is 56.9 Å². The van der Waals surface area contributed by atoms with E-state index in [0.717, 1.165) is 7.05 Å². The molecule has 0 saturated carbocycles. The Morgan fingerprint density at radius 2 is 1.54 bits per heavy atom. The largest absolute Gasteiger partial charge is 0.418 e. The van der Waals surface area contributed by atoms with Gasteiger partial charge in [-0.05, 0) is 36.4 Å². The Bertz CT molecular complexity index is 1280. The summed E-state index contributed by atoms with van der Waals surface area (Å²) in [4.78, 5) is 30.0. The van der Waals surface area contributed by atoms with Gasteiger partial charge >= 0.3 is 18.4 Å². The molecule has 3 amide bonds. The van der Waals surface area contributed by atoms with Crippen molar-refractivity contribution in [2.24, 2.45) is 4.99 Å². The molecule has 1 aliphatic heterocycles. The standard InChI is InChI=1S/C20H11Cl5F6N4O2/c1-34-15(36)14(33-16(18(23,24)25)32-12-4-3-9(21)7-11(12)22)35(17(34)37)13-5-2-8(19(26,27)28)6-10(13)20(29,30)31/h2-7,16,32H,1H3. The molecule has 6 nitrogen and oxygen atoms in total. The number of amidine groups is 1. The maximum Gasteiger partial charge on any atom is 0.418 e. The molecule has 37 heavy (non-hydrogen) atoms. The van der Waals surface area contributed by atoms with Crippen molar-refractivity contribution in [3.8, 4) is 0 Å². The minimum Gasteiger partial charge on any atom is -0.359 e. The second-order valence-electron chi connectivity index (χ2n) is 7.37. The van der Waals surface area contributed by atoms with E-state index >= 15 is 0 Å². The molecule has 0 radical (unpaired) electrons. The Morgan fingerprint density at radius 1 is 0.919 bits per heavy atom. The molecule has 1 fully saturated rings. The molecule has 1 heterocycles. The van der Waals surface area contributed by atoms with E-state index in [1.807, 2.05) is 0 Å². The Hall–Kier alpha value is -2.12. The number of halogens is 11. The van der Waals surface area contributed by atoms with Gasteiger partial charge in [0.2, 0.25) is 9.63 Å². The molecule has 1 atom stereocenters. The number of aliphatic imine (C=N–C) groups is 1. The predicted molar refractivity (Wildman–Crippen MR) is 129 cm³/mol. The Labute approximate surface area is 229 Å². The van der Waals surface area contributed by atoms with Gasteiger partial charge in [-0.15, -0.1) is 0 Å². The van der Waals surface area contributed by atoms with Crippen molar-refractivity contribution in [1.29, 1.82) is 0 Å². The first kappa shape index (κ1) is 29.4. The van der Waals surface area contributed by atoms with Crippen molar-refractivity contribution >= 4 is 87.2 Å². The summed E-state index contributed by atoms with van der Waals surface area (Å²) in [5, 5.41) is 2.83. The fourth-order valence-corrected chi connectivity index (χ4v) is 3.87. The van der Waals surface area contributed by atoms with E-state index in [2.05, 4.69) is 10.3 Å². The summed E-state index contributed by atoms with van der Waals surface area (Å²) in [5.41, 5.74) is -4.51. The van der Waals surface area contributed by atoms with Gasteiger partial charge in [0.25, 0.3) is 5.91 Å².